The van der Waals surface area contributed by atoms with E-state index in [4.69, 9.17) is 22.1 Å². The predicted octanol–water partition coefficient (Wildman–Crippen LogP) is 3.24. The van der Waals surface area contributed by atoms with E-state index in [9.17, 15) is 4.79 Å². The summed E-state index contributed by atoms with van der Waals surface area (Å²) in [4.78, 5) is 14.1. The van der Waals surface area contributed by atoms with E-state index in [0.29, 0.717) is 28.7 Å². The molecule has 5 heteroatoms. The summed E-state index contributed by atoms with van der Waals surface area (Å²) in [6.07, 6.45) is -0.524. The van der Waals surface area contributed by atoms with Crippen LogP contribution in [0.3, 0.4) is 0 Å². The van der Waals surface area contributed by atoms with Crippen molar-refractivity contribution in [2.75, 3.05) is 10.6 Å². The van der Waals surface area contributed by atoms with Crippen LogP contribution < -0.4 is 15.4 Å². The SMILES string of the molecule is CC1Oc2ccc(N)cc2N(Cc2ccccc2Cl)C1=O. The van der Waals surface area contributed by atoms with E-state index < -0.39 is 6.10 Å². The van der Waals surface area contributed by atoms with Gasteiger partial charge in [0.25, 0.3) is 5.91 Å². The average Bonchev–Trinajstić information content (AvgIpc) is 2.46. The minimum atomic E-state index is -0.524. The molecule has 2 aromatic carbocycles. The number of anilines is 2. The van der Waals surface area contributed by atoms with E-state index in [2.05, 4.69) is 0 Å². The molecule has 1 aliphatic rings. The maximum Gasteiger partial charge on any atom is 0.268 e. The van der Waals surface area contributed by atoms with Gasteiger partial charge < -0.3 is 15.4 Å². The fraction of sp³-hybridized carbons (Fsp3) is 0.188. The van der Waals surface area contributed by atoms with Crippen molar-refractivity contribution in [3.05, 3.63) is 53.1 Å². The number of nitrogens with two attached hydrogens (primary N) is 1. The molecule has 3 rings (SSSR count). The van der Waals surface area contributed by atoms with Crippen LogP contribution in [0.1, 0.15) is 12.5 Å². The number of amides is 1. The first-order valence-corrected chi connectivity index (χ1v) is 7.05. The van der Waals surface area contributed by atoms with Crippen LogP contribution in [0.5, 0.6) is 5.75 Å². The van der Waals surface area contributed by atoms with Crippen LogP contribution in [0.4, 0.5) is 11.4 Å². The molecule has 0 bridgehead atoms. The third kappa shape index (κ3) is 2.54. The molecule has 0 aromatic heterocycles. The van der Waals surface area contributed by atoms with Crippen molar-refractivity contribution >= 4 is 28.9 Å². The Balaban J connectivity index is 2.03. The lowest BCUT2D eigenvalue weighted by molar-refractivity contribution is -0.125. The van der Waals surface area contributed by atoms with Crippen LogP contribution >= 0.6 is 11.6 Å². The molecule has 1 atom stereocenters. The molecule has 108 valence electrons. The number of fused-ring (bicyclic) bond motifs is 1. The Morgan fingerprint density at radius 1 is 1.29 bits per heavy atom. The maximum atomic E-state index is 12.4. The second-order valence-electron chi connectivity index (χ2n) is 5.00. The molecule has 4 nitrogen and oxygen atoms in total. The van der Waals surface area contributed by atoms with Gasteiger partial charge in [0.05, 0.1) is 12.2 Å². The smallest absolute Gasteiger partial charge is 0.268 e. The van der Waals surface area contributed by atoms with E-state index in [1.165, 1.54) is 0 Å². The zero-order chi connectivity index (χ0) is 15.0. The lowest BCUT2D eigenvalue weighted by atomic mass is 10.1. The summed E-state index contributed by atoms with van der Waals surface area (Å²) in [6, 6.07) is 12.8. The van der Waals surface area contributed by atoms with Gasteiger partial charge in [0.15, 0.2) is 6.10 Å². The van der Waals surface area contributed by atoms with Crippen molar-refractivity contribution in [2.45, 2.75) is 19.6 Å². The van der Waals surface area contributed by atoms with Crippen LogP contribution in [-0.2, 0) is 11.3 Å². The van der Waals surface area contributed by atoms with E-state index >= 15 is 0 Å². The Morgan fingerprint density at radius 2 is 2.05 bits per heavy atom. The van der Waals surface area contributed by atoms with Crippen LogP contribution in [0, 0.1) is 0 Å². The highest BCUT2D eigenvalue weighted by Crippen LogP contribution is 2.37. The zero-order valence-corrected chi connectivity index (χ0v) is 12.3. The second-order valence-corrected chi connectivity index (χ2v) is 5.41. The van der Waals surface area contributed by atoms with Gasteiger partial charge in [0.2, 0.25) is 0 Å². The molecule has 0 radical (unpaired) electrons. The fourth-order valence-electron chi connectivity index (χ4n) is 2.38. The quantitative estimate of drug-likeness (QED) is 0.867. The monoisotopic (exact) mass is 302 g/mol. The predicted molar refractivity (Wildman–Crippen MR) is 83.6 cm³/mol. The number of carbonyl (C=O) groups excluding carboxylic acids is 1. The molecule has 2 aromatic rings. The van der Waals surface area contributed by atoms with Gasteiger partial charge in [-0.25, -0.2) is 0 Å². The van der Waals surface area contributed by atoms with Gasteiger partial charge in [-0.3, -0.25) is 4.79 Å². The largest absolute Gasteiger partial charge is 0.479 e. The first kappa shape index (κ1) is 13.8. The third-order valence-corrected chi connectivity index (χ3v) is 3.85. The summed E-state index contributed by atoms with van der Waals surface area (Å²) in [5, 5.41) is 0.634. The van der Waals surface area contributed by atoms with Crippen molar-refractivity contribution < 1.29 is 9.53 Å². The lowest BCUT2D eigenvalue weighted by Gasteiger charge is -2.33. The molecule has 0 fully saturated rings. The fourth-order valence-corrected chi connectivity index (χ4v) is 2.58. The van der Waals surface area contributed by atoms with Crippen molar-refractivity contribution in [2.24, 2.45) is 0 Å². The van der Waals surface area contributed by atoms with Gasteiger partial charge in [-0.1, -0.05) is 29.8 Å². The molecule has 0 saturated carbocycles. The van der Waals surface area contributed by atoms with Crippen LogP contribution in [0.25, 0.3) is 0 Å². The van der Waals surface area contributed by atoms with E-state index in [0.717, 1.165) is 5.56 Å². The number of nitrogen functional groups attached to an aromatic ring is 1. The van der Waals surface area contributed by atoms with E-state index in [1.807, 2.05) is 24.3 Å². The van der Waals surface area contributed by atoms with E-state index in [1.54, 1.807) is 30.0 Å². The average molecular weight is 303 g/mol. The minimum Gasteiger partial charge on any atom is -0.479 e. The van der Waals surface area contributed by atoms with Gasteiger partial charge in [0, 0.05) is 10.7 Å². The molecule has 2 N–H and O–H groups in total. The molecule has 21 heavy (non-hydrogen) atoms. The first-order chi connectivity index (χ1) is 10.1. The van der Waals surface area contributed by atoms with E-state index in [-0.39, 0.29) is 5.91 Å². The van der Waals surface area contributed by atoms with Gasteiger partial charge >= 0.3 is 0 Å². The topological polar surface area (TPSA) is 55.6 Å². The molecule has 1 aliphatic heterocycles. The van der Waals surface area contributed by atoms with Crippen molar-refractivity contribution in [3.63, 3.8) is 0 Å². The molecule has 0 spiro atoms. The number of carbonyl (C=O) groups is 1. The number of nitrogens with zero attached hydrogens (tertiary/aromatic N) is 1. The summed E-state index contributed by atoms with van der Waals surface area (Å²) in [5.74, 6) is 0.552. The van der Waals surface area contributed by atoms with Crippen molar-refractivity contribution in [3.8, 4) is 5.75 Å². The standard InChI is InChI=1S/C16H15ClN2O2/c1-10-16(20)19(9-11-4-2-3-5-13(11)17)14-8-12(18)6-7-15(14)21-10/h2-8,10H,9,18H2,1H3. The summed E-state index contributed by atoms with van der Waals surface area (Å²) in [6.45, 7) is 2.13. The Bertz CT molecular complexity index is 702. The second kappa shape index (κ2) is 5.30. The first-order valence-electron chi connectivity index (χ1n) is 6.67. The Kier molecular flexibility index (Phi) is 3.47. The maximum absolute atomic E-state index is 12.4. The van der Waals surface area contributed by atoms with Crippen molar-refractivity contribution in [1.29, 1.82) is 0 Å². The van der Waals surface area contributed by atoms with Gasteiger partial charge in [-0.15, -0.1) is 0 Å². The summed E-state index contributed by atoms with van der Waals surface area (Å²) in [5.41, 5.74) is 7.98. The van der Waals surface area contributed by atoms with Gasteiger partial charge in [-0.2, -0.15) is 0 Å². The minimum absolute atomic E-state index is 0.104. The highest BCUT2D eigenvalue weighted by Gasteiger charge is 2.31. The number of ether oxygens (including phenoxy) is 1. The molecule has 0 aliphatic carbocycles. The zero-order valence-electron chi connectivity index (χ0n) is 11.5. The summed E-state index contributed by atoms with van der Waals surface area (Å²) >= 11 is 6.19. The van der Waals surface area contributed by atoms with Crippen LogP contribution in [-0.4, -0.2) is 12.0 Å². The normalized spacial score (nSPS) is 17.3. The highest BCUT2D eigenvalue weighted by molar-refractivity contribution is 6.31. The lowest BCUT2D eigenvalue weighted by Crippen LogP contribution is -2.44. The van der Waals surface area contributed by atoms with Gasteiger partial charge in [-0.05, 0) is 36.8 Å². The molecule has 1 unspecified atom stereocenters. The van der Waals surface area contributed by atoms with Crippen LogP contribution in [0.15, 0.2) is 42.5 Å². The van der Waals surface area contributed by atoms with Gasteiger partial charge in [0.1, 0.15) is 5.75 Å². The molecular formula is C16H15ClN2O2. The molecule has 1 amide bonds. The Labute approximate surface area is 128 Å². The number of hydrogen-bond acceptors (Lipinski definition) is 3. The number of rotatable bonds is 2. The summed E-state index contributed by atoms with van der Waals surface area (Å²) in [7, 11) is 0. The van der Waals surface area contributed by atoms with Crippen LogP contribution in [0.2, 0.25) is 5.02 Å². The Hall–Kier alpha value is -2.20. The van der Waals surface area contributed by atoms with Crippen molar-refractivity contribution in [1.82, 2.24) is 0 Å². The third-order valence-electron chi connectivity index (χ3n) is 3.48. The summed E-state index contributed by atoms with van der Waals surface area (Å²) < 4.78 is 5.62. The molecule has 0 saturated heterocycles. The molecule has 1 heterocycles. The molecular weight excluding hydrogens is 288 g/mol. The number of halogens is 1. The Morgan fingerprint density at radius 3 is 2.81 bits per heavy atom. The highest BCUT2D eigenvalue weighted by atomic mass is 35.5. The number of benzene rings is 2. The number of hydrogen-bond donors (Lipinski definition) is 1.